The normalized spacial score (nSPS) is 23.0. The van der Waals surface area contributed by atoms with Gasteiger partial charge in [0.25, 0.3) is 0 Å². The second-order valence-corrected chi connectivity index (χ2v) is 9.59. The molecule has 138 valence electrons. The van der Waals surface area contributed by atoms with Gasteiger partial charge in [-0.1, -0.05) is 11.6 Å². The fourth-order valence-electron chi connectivity index (χ4n) is 3.59. The van der Waals surface area contributed by atoms with Crippen LogP contribution in [0.3, 0.4) is 0 Å². The van der Waals surface area contributed by atoms with Gasteiger partial charge in [-0.05, 0) is 24.6 Å². The quantitative estimate of drug-likeness (QED) is 0.827. The van der Waals surface area contributed by atoms with Crippen LogP contribution in [0.2, 0.25) is 5.02 Å². The molecule has 2 saturated heterocycles. The third-order valence-corrected chi connectivity index (χ3v) is 8.16. The molecule has 0 radical (unpaired) electrons. The van der Waals surface area contributed by atoms with Crippen molar-refractivity contribution in [3.05, 3.63) is 28.6 Å². The summed E-state index contributed by atoms with van der Waals surface area (Å²) < 4.78 is 28.8. The van der Waals surface area contributed by atoms with Crippen LogP contribution in [0, 0.1) is 0 Å². The lowest BCUT2D eigenvalue weighted by Crippen LogP contribution is -2.49. The molecule has 1 atom stereocenters. The molecule has 2 aromatic rings. The first-order valence-electron chi connectivity index (χ1n) is 8.17. The number of nitrogens with one attached hydrogen (secondary N) is 1. The van der Waals surface area contributed by atoms with Crippen molar-refractivity contribution in [3.8, 4) is 0 Å². The Balaban J connectivity index is 0.00000182. The van der Waals surface area contributed by atoms with Gasteiger partial charge in [-0.15, -0.1) is 23.7 Å². The Labute approximate surface area is 163 Å². The van der Waals surface area contributed by atoms with Crippen molar-refractivity contribution in [1.82, 2.24) is 14.5 Å². The molecule has 0 aliphatic carbocycles. The molecule has 2 aliphatic rings. The van der Waals surface area contributed by atoms with Crippen LogP contribution >= 0.6 is 35.3 Å². The van der Waals surface area contributed by atoms with E-state index < -0.39 is 10.0 Å². The number of hydrogen-bond donors (Lipinski definition) is 1. The zero-order valence-corrected chi connectivity index (χ0v) is 16.9. The molecule has 1 unspecified atom stereocenters. The number of hydrogen-bond acceptors (Lipinski definition) is 5. The molecular formula is C16H21Cl2N3O2S2. The van der Waals surface area contributed by atoms with Gasteiger partial charge in [0.05, 0.1) is 0 Å². The summed E-state index contributed by atoms with van der Waals surface area (Å²) in [7, 11) is -3.47. The number of nitrogens with zero attached hydrogens (tertiary/aromatic N) is 2. The van der Waals surface area contributed by atoms with Gasteiger partial charge in [0.15, 0.2) is 0 Å². The van der Waals surface area contributed by atoms with E-state index >= 15 is 0 Å². The third-order valence-electron chi connectivity index (χ3n) is 4.91. The van der Waals surface area contributed by atoms with Crippen LogP contribution in [0.4, 0.5) is 0 Å². The molecule has 0 spiro atoms. The van der Waals surface area contributed by atoms with Gasteiger partial charge >= 0.3 is 0 Å². The first-order chi connectivity index (χ1) is 11.6. The maximum atomic E-state index is 13.1. The van der Waals surface area contributed by atoms with Gasteiger partial charge in [-0.25, -0.2) is 8.42 Å². The van der Waals surface area contributed by atoms with Gasteiger partial charge in [-0.3, -0.25) is 4.90 Å². The fraction of sp³-hybridized carbons (Fsp3) is 0.500. The molecule has 4 rings (SSSR count). The Hall–Kier alpha value is -0.410. The van der Waals surface area contributed by atoms with E-state index in [1.165, 1.54) is 11.3 Å². The molecule has 3 heterocycles. The number of halogens is 2. The van der Waals surface area contributed by atoms with E-state index in [9.17, 15) is 8.42 Å². The minimum absolute atomic E-state index is 0. The van der Waals surface area contributed by atoms with Gasteiger partial charge in [-0.2, -0.15) is 4.31 Å². The highest BCUT2D eigenvalue weighted by Crippen LogP contribution is 2.34. The van der Waals surface area contributed by atoms with E-state index in [0.29, 0.717) is 29.0 Å². The number of sulfonamides is 1. The minimum atomic E-state index is -3.47. The largest absolute Gasteiger partial charge is 0.314 e. The molecule has 1 aromatic carbocycles. The molecule has 1 N–H and O–H groups in total. The summed E-state index contributed by atoms with van der Waals surface area (Å²) >= 11 is 7.52. The molecular weight excluding hydrogens is 401 g/mol. The SMILES string of the molecule is Cl.O=S(=O)(c1csc2ccc(Cl)cc12)N1CCC(N2CCNCC2)C1. The fourth-order valence-corrected chi connectivity index (χ4v) is 6.70. The smallest absolute Gasteiger partial charge is 0.244 e. The van der Waals surface area contributed by atoms with E-state index in [1.807, 2.05) is 6.07 Å². The third kappa shape index (κ3) is 3.69. The Morgan fingerprint density at radius 2 is 1.96 bits per heavy atom. The highest BCUT2D eigenvalue weighted by atomic mass is 35.5. The first kappa shape index (κ1) is 19.4. The minimum Gasteiger partial charge on any atom is -0.314 e. The maximum Gasteiger partial charge on any atom is 0.244 e. The van der Waals surface area contributed by atoms with E-state index in [1.54, 1.807) is 21.8 Å². The summed E-state index contributed by atoms with van der Waals surface area (Å²) in [6, 6.07) is 5.77. The second-order valence-electron chi connectivity index (χ2n) is 6.33. The van der Waals surface area contributed by atoms with Crippen molar-refractivity contribution in [1.29, 1.82) is 0 Å². The maximum absolute atomic E-state index is 13.1. The van der Waals surface area contributed by atoms with Crippen LogP contribution in [0.25, 0.3) is 10.1 Å². The van der Waals surface area contributed by atoms with E-state index in [0.717, 1.165) is 42.7 Å². The summed E-state index contributed by atoms with van der Waals surface area (Å²) in [5, 5.41) is 6.39. The average Bonchev–Trinajstić information content (AvgIpc) is 3.23. The predicted octanol–water partition coefficient (Wildman–Crippen LogP) is 2.64. The standard InChI is InChI=1S/C16H20ClN3O2S2.ClH/c17-12-1-2-15-14(9-12)16(11-23-15)24(21,22)20-6-3-13(10-20)19-7-4-18-5-8-19;/h1-2,9,11,13,18H,3-8,10H2;1H. The lowest BCUT2D eigenvalue weighted by atomic mass is 10.2. The number of piperazine rings is 1. The molecule has 2 aliphatic heterocycles. The van der Waals surface area contributed by atoms with Gasteiger partial charge in [0.2, 0.25) is 10.0 Å². The van der Waals surface area contributed by atoms with E-state index in [4.69, 9.17) is 11.6 Å². The Morgan fingerprint density at radius 3 is 2.72 bits per heavy atom. The lowest BCUT2D eigenvalue weighted by molar-refractivity contribution is 0.179. The monoisotopic (exact) mass is 421 g/mol. The second kappa shape index (κ2) is 7.68. The van der Waals surface area contributed by atoms with Crippen LogP contribution < -0.4 is 5.32 Å². The zero-order chi connectivity index (χ0) is 16.7. The van der Waals surface area contributed by atoms with Crippen molar-refractivity contribution < 1.29 is 8.42 Å². The molecule has 9 heteroatoms. The molecule has 0 amide bonds. The van der Waals surface area contributed by atoms with Crippen LogP contribution in [0.1, 0.15) is 6.42 Å². The summed E-state index contributed by atoms with van der Waals surface area (Å²) in [6.45, 7) is 5.13. The van der Waals surface area contributed by atoms with Crippen molar-refractivity contribution in [2.24, 2.45) is 0 Å². The molecule has 1 aromatic heterocycles. The number of thiophene rings is 1. The lowest BCUT2D eigenvalue weighted by Gasteiger charge is -2.32. The Bertz CT molecular complexity index is 850. The summed E-state index contributed by atoms with van der Waals surface area (Å²) in [6.07, 6.45) is 0.905. The number of rotatable bonds is 3. The van der Waals surface area contributed by atoms with E-state index in [-0.39, 0.29) is 12.4 Å². The van der Waals surface area contributed by atoms with Crippen molar-refractivity contribution in [3.63, 3.8) is 0 Å². The van der Waals surface area contributed by atoms with Gasteiger partial charge < -0.3 is 5.32 Å². The zero-order valence-electron chi connectivity index (χ0n) is 13.7. The molecule has 0 bridgehead atoms. The van der Waals surface area contributed by atoms with Gasteiger partial charge in [0, 0.05) is 65.8 Å². The topological polar surface area (TPSA) is 52.7 Å². The summed E-state index contributed by atoms with van der Waals surface area (Å²) in [5.41, 5.74) is 0. The first-order valence-corrected chi connectivity index (χ1v) is 10.9. The number of fused-ring (bicyclic) bond motifs is 1. The summed E-state index contributed by atoms with van der Waals surface area (Å²) in [5.74, 6) is 0. The van der Waals surface area contributed by atoms with Crippen LogP contribution in [-0.4, -0.2) is 62.9 Å². The summed E-state index contributed by atoms with van der Waals surface area (Å²) in [4.78, 5) is 2.81. The Kier molecular flexibility index (Phi) is 5.95. The highest BCUT2D eigenvalue weighted by molar-refractivity contribution is 7.89. The average molecular weight is 422 g/mol. The molecule has 25 heavy (non-hydrogen) atoms. The van der Waals surface area contributed by atoms with Crippen molar-refractivity contribution >= 4 is 55.5 Å². The molecule has 0 saturated carbocycles. The van der Waals surface area contributed by atoms with Crippen molar-refractivity contribution in [2.75, 3.05) is 39.3 Å². The van der Waals surface area contributed by atoms with Crippen LogP contribution in [0.5, 0.6) is 0 Å². The number of benzene rings is 1. The van der Waals surface area contributed by atoms with Gasteiger partial charge in [0.1, 0.15) is 4.90 Å². The Morgan fingerprint density at radius 1 is 1.20 bits per heavy atom. The molecule has 5 nitrogen and oxygen atoms in total. The van der Waals surface area contributed by atoms with Crippen LogP contribution in [0.15, 0.2) is 28.5 Å². The predicted molar refractivity (Wildman–Crippen MR) is 106 cm³/mol. The van der Waals surface area contributed by atoms with Crippen LogP contribution in [-0.2, 0) is 10.0 Å². The highest BCUT2D eigenvalue weighted by Gasteiger charge is 2.36. The molecule has 2 fully saturated rings. The van der Waals surface area contributed by atoms with Crippen molar-refractivity contribution in [2.45, 2.75) is 17.4 Å². The van der Waals surface area contributed by atoms with E-state index in [2.05, 4.69) is 10.2 Å².